The van der Waals surface area contributed by atoms with Crippen LogP contribution in [-0.2, 0) is 4.79 Å². The quantitative estimate of drug-likeness (QED) is 0.426. The predicted molar refractivity (Wildman–Crippen MR) is 34.6 cm³/mol. The van der Waals surface area contributed by atoms with Crippen LogP contribution in [0, 0.1) is 0 Å². The van der Waals surface area contributed by atoms with Crippen LogP contribution in [0.2, 0.25) is 0 Å². The van der Waals surface area contributed by atoms with E-state index in [9.17, 15) is 13.6 Å². The van der Waals surface area contributed by atoms with Crippen molar-refractivity contribution in [2.45, 2.75) is 3.93 Å². The van der Waals surface area contributed by atoms with Crippen molar-refractivity contribution in [3.63, 3.8) is 0 Å². The number of hydrogen-bond acceptors (Lipinski definition) is 1. The SMILES string of the molecule is O=C(O)C(F)(F)I.[H-].[H-].[Mg+2]. The van der Waals surface area contributed by atoms with Crippen molar-refractivity contribution in [3.05, 3.63) is 0 Å². The van der Waals surface area contributed by atoms with Gasteiger partial charge in [-0.2, -0.15) is 8.78 Å². The van der Waals surface area contributed by atoms with E-state index in [0.717, 1.165) is 0 Å². The van der Waals surface area contributed by atoms with Crippen molar-refractivity contribution < 1.29 is 21.5 Å². The van der Waals surface area contributed by atoms with Gasteiger partial charge in [-0.15, -0.1) is 0 Å². The molecule has 0 atom stereocenters. The summed E-state index contributed by atoms with van der Waals surface area (Å²) in [7, 11) is 0. The van der Waals surface area contributed by atoms with Crippen LogP contribution in [0.15, 0.2) is 0 Å². The van der Waals surface area contributed by atoms with Crippen LogP contribution in [0.1, 0.15) is 2.85 Å². The van der Waals surface area contributed by atoms with Crippen LogP contribution >= 0.6 is 22.6 Å². The fourth-order valence-electron chi connectivity index (χ4n) is 0. The molecule has 0 spiro atoms. The minimum Gasteiger partial charge on any atom is -1.00 e. The van der Waals surface area contributed by atoms with Gasteiger partial charge in [0.1, 0.15) is 0 Å². The molecule has 2 nitrogen and oxygen atoms in total. The monoisotopic (exact) mass is 248 g/mol. The second kappa shape index (κ2) is 3.78. The third-order valence-corrected chi connectivity index (χ3v) is 0.704. The van der Waals surface area contributed by atoms with Gasteiger partial charge in [0.15, 0.2) is 0 Å². The Balaban J connectivity index is -0.0000000600. The minimum atomic E-state index is -3.61. The molecular weight excluding hydrogens is 245 g/mol. The molecule has 0 amide bonds. The summed E-state index contributed by atoms with van der Waals surface area (Å²) in [6.45, 7) is 0. The summed E-state index contributed by atoms with van der Waals surface area (Å²) in [5, 5.41) is 7.49. The van der Waals surface area contributed by atoms with Gasteiger partial charge in [0, 0.05) is 22.6 Å². The first-order valence-corrected chi connectivity index (χ1v) is 2.32. The van der Waals surface area contributed by atoms with Gasteiger partial charge < -0.3 is 7.96 Å². The largest absolute Gasteiger partial charge is 2.00 e. The van der Waals surface area contributed by atoms with Gasteiger partial charge in [0.2, 0.25) is 0 Å². The second-order valence-corrected chi connectivity index (χ2v) is 2.16. The molecule has 0 rings (SSSR count). The van der Waals surface area contributed by atoms with Gasteiger partial charge in [-0.25, -0.2) is 4.79 Å². The predicted octanol–water partition coefficient (Wildman–Crippen LogP) is 0.943. The van der Waals surface area contributed by atoms with Crippen molar-refractivity contribution in [2.75, 3.05) is 0 Å². The number of carboxylic acids is 1. The molecule has 0 aliphatic carbocycles. The zero-order valence-electron chi connectivity index (χ0n) is 5.70. The standard InChI is InChI=1S/C2HF2IO2.Mg.2H/c3-2(4,5)1(6)7;;;/h(H,6,7);;;/q;+2;2*-1. The first-order chi connectivity index (χ1) is 2.94. The van der Waals surface area contributed by atoms with Crippen LogP contribution < -0.4 is 0 Å². The number of hydrogen-bond donors (Lipinski definition) is 1. The number of carbonyl (C=O) groups is 1. The molecule has 0 saturated heterocycles. The van der Waals surface area contributed by atoms with E-state index < -0.39 is 9.90 Å². The van der Waals surface area contributed by atoms with E-state index in [2.05, 4.69) is 0 Å². The van der Waals surface area contributed by atoms with Crippen LogP contribution in [0.3, 0.4) is 0 Å². The zero-order valence-corrected chi connectivity index (χ0v) is 7.27. The van der Waals surface area contributed by atoms with Crippen molar-refractivity contribution in [2.24, 2.45) is 0 Å². The second-order valence-electron chi connectivity index (χ2n) is 0.803. The van der Waals surface area contributed by atoms with Gasteiger partial charge in [-0.3, -0.25) is 0 Å². The summed E-state index contributed by atoms with van der Waals surface area (Å²) in [5.41, 5.74) is 0. The molecule has 0 bridgehead atoms. The number of rotatable bonds is 1. The molecule has 1 N–H and O–H groups in total. The van der Waals surface area contributed by atoms with Crippen LogP contribution in [0.5, 0.6) is 0 Å². The molecule has 0 aromatic rings. The maximum Gasteiger partial charge on any atom is 2.00 e. The normalized spacial score (nSPS) is 9.88. The van der Waals surface area contributed by atoms with E-state index >= 15 is 0 Å². The Bertz CT molecular complexity index is 97.7. The van der Waals surface area contributed by atoms with Crippen molar-refractivity contribution in [3.8, 4) is 0 Å². The molecule has 0 radical (unpaired) electrons. The van der Waals surface area contributed by atoms with Gasteiger partial charge in [0.25, 0.3) is 0 Å². The summed E-state index contributed by atoms with van der Waals surface area (Å²) < 4.78 is 18.9. The molecule has 8 heavy (non-hydrogen) atoms. The molecule has 0 aliphatic heterocycles. The Morgan fingerprint density at radius 1 is 1.75 bits per heavy atom. The molecule has 0 aliphatic rings. The van der Waals surface area contributed by atoms with Crippen LogP contribution in [-0.4, -0.2) is 38.1 Å². The number of carboxylic acid groups (broad SMARTS) is 1. The summed E-state index contributed by atoms with van der Waals surface area (Å²) >= 11 is 0.534. The molecule has 0 saturated carbocycles. The molecule has 0 unspecified atom stereocenters. The van der Waals surface area contributed by atoms with E-state index in [4.69, 9.17) is 5.11 Å². The van der Waals surface area contributed by atoms with Crippen LogP contribution in [0.4, 0.5) is 8.78 Å². The molecule has 0 heterocycles. The van der Waals surface area contributed by atoms with Gasteiger partial charge in [-0.1, -0.05) is 0 Å². The van der Waals surface area contributed by atoms with Gasteiger partial charge in [-0.05, 0) is 0 Å². The molecule has 6 heteroatoms. The molecule has 0 aromatic heterocycles. The Labute approximate surface area is 76.9 Å². The maximum atomic E-state index is 11.2. The van der Waals surface area contributed by atoms with Gasteiger partial charge >= 0.3 is 33.0 Å². The summed E-state index contributed by atoms with van der Waals surface area (Å²) in [5.74, 6) is -2.10. The molecule has 0 aromatic carbocycles. The molecular formula is C2H3F2IMgO2. The Morgan fingerprint density at radius 3 is 1.88 bits per heavy atom. The van der Waals surface area contributed by atoms with E-state index in [1.165, 1.54) is 0 Å². The van der Waals surface area contributed by atoms with Crippen molar-refractivity contribution >= 4 is 51.6 Å². The summed E-state index contributed by atoms with van der Waals surface area (Å²) in [6.07, 6.45) is 0. The van der Waals surface area contributed by atoms with E-state index in [-0.39, 0.29) is 25.9 Å². The fraction of sp³-hybridized carbons (Fsp3) is 0.500. The summed E-state index contributed by atoms with van der Waals surface area (Å²) in [4.78, 5) is 9.26. The average Bonchev–Trinajstić information content (AvgIpc) is 1.31. The smallest absolute Gasteiger partial charge is 1.00 e. The fourth-order valence-corrected chi connectivity index (χ4v) is 0. The zero-order chi connectivity index (χ0) is 6.08. The topological polar surface area (TPSA) is 37.3 Å². The summed E-state index contributed by atoms with van der Waals surface area (Å²) in [6, 6.07) is 0. The Hall–Kier alpha value is 0.826. The number of aliphatic carboxylic acids is 1. The third-order valence-electron chi connectivity index (χ3n) is 0.243. The number of halogens is 3. The first kappa shape index (κ1) is 11.6. The Morgan fingerprint density at radius 2 is 1.88 bits per heavy atom. The molecule has 0 fully saturated rings. The van der Waals surface area contributed by atoms with Gasteiger partial charge in [0.05, 0.1) is 0 Å². The van der Waals surface area contributed by atoms with Crippen molar-refractivity contribution in [1.29, 1.82) is 0 Å². The van der Waals surface area contributed by atoms with E-state index in [1.54, 1.807) is 0 Å². The maximum absolute atomic E-state index is 11.2. The van der Waals surface area contributed by atoms with E-state index in [0.29, 0.717) is 22.6 Å². The minimum absolute atomic E-state index is 0. The van der Waals surface area contributed by atoms with Crippen LogP contribution in [0.25, 0.3) is 0 Å². The van der Waals surface area contributed by atoms with E-state index in [1.807, 2.05) is 0 Å². The Kier molecular flexibility index (Phi) is 5.48. The average molecular weight is 248 g/mol. The number of alkyl halides is 3. The van der Waals surface area contributed by atoms with Crippen molar-refractivity contribution in [1.82, 2.24) is 0 Å². The molecule has 46 valence electrons. The first-order valence-electron chi connectivity index (χ1n) is 1.24. The third kappa shape index (κ3) is 4.97.